The van der Waals surface area contributed by atoms with Gasteiger partial charge in [-0.15, -0.1) is 0 Å². The normalized spacial score (nSPS) is 14.8. The number of amides is 1. The first kappa shape index (κ1) is 21.8. The third-order valence-electron chi connectivity index (χ3n) is 4.85. The van der Waals surface area contributed by atoms with Gasteiger partial charge in [-0.2, -0.15) is 0 Å². The Morgan fingerprint density at radius 3 is 2.23 bits per heavy atom. The van der Waals surface area contributed by atoms with Gasteiger partial charge >= 0.3 is 11.9 Å². The van der Waals surface area contributed by atoms with Gasteiger partial charge in [0, 0.05) is 16.9 Å². The monoisotopic (exact) mass is 421 g/mol. The number of esters is 2. The lowest BCUT2D eigenvalue weighted by molar-refractivity contribution is -0.136. The molecular formula is C24H23NO6. The number of para-hydroxylation sites is 1. The van der Waals surface area contributed by atoms with E-state index in [1.807, 2.05) is 25.1 Å². The van der Waals surface area contributed by atoms with Crippen LogP contribution in [-0.4, -0.2) is 38.7 Å². The van der Waals surface area contributed by atoms with Gasteiger partial charge in [0.15, 0.2) is 0 Å². The molecule has 160 valence electrons. The summed E-state index contributed by atoms with van der Waals surface area (Å²) < 4.78 is 15.3. The summed E-state index contributed by atoms with van der Waals surface area (Å²) in [4.78, 5) is 39.0. The predicted molar refractivity (Wildman–Crippen MR) is 116 cm³/mol. The molecule has 0 N–H and O–H groups in total. The number of allylic oxidation sites excluding steroid dienone is 1. The van der Waals surface area contributed by atoms with Crippen molar-refractivity contribution in [1.82, 2.24) is 0 Å². The summed E-state index contributed by atoms with van der Waals surface area (Å²) in [7, 11) is 2.57. The van der Waals surface area contributed by atoms with E-state index < -0.39 is 11.9 Å². The van der Waals surface area contributed by atoms with Gasteiger partial charge in [-0.05, 0) is 50.3 Å². The molecule has 0 spiro atoms. The Morgan fingerprint density at radius 1 is 0.968 bits per heavy atom. The van der Waals surface area contributed by atoms with Gasteiger partial charge in [-0.1, -0.05) is 18.2 Å². The Labute approximate surface area is 180 Å². The Morgan fingerprint density at radius 2 is 1.61 bits per heavy atom. The molecule has 1 aliphatic heterocycles. The van der Waals surface area contributed by atoms with Crippen molar-refractivity contribution in [3.05, 3.63) is 76.5 Å². The molecule has 3 rings (SSSR count). The van der Waals surface area contributed by atoms with Crippen molar-refractivity contribution >= 4 is 29.6 Å². The zero-order chi connectivity index (χ0) is 22.5. The van der Waals surface area contributed by atoms with Crippen LogP contribution in [0.1, 0.15) is 29.8 Å². The average Bonchev–Trinajstić information content (AvgIpc) is 3.03. The predicted octanol–water partition coefficient (Wildman–Crippen LogP) is 3.75. The molecule has 2 aromatic rings. The SMILES string of the molecule is CCOc1ccccc1C=C1C(=O)N(c2ccc(C(=O)OC)cc2)C(C)=C1C(=O)OC. The topological polar surface area (TPSA) is 82.1 Å². The van der Waals surface area contributed by atoms with Crippen molar-refractivity contribution in [2.75, 3.05) is 25.7 Å². The van der Waals surface area contributed by atoms with E-state index in [0.29, 0.717) is 34.9 Å². The first-order chi connectivity index (χ1) is 14.9. The van der Waals surface area contributed by atoms with Gasteiger partial charge in [-0.3, -0.25) is 9.69 Å². The van der Waals surface area contributed by atoms with Crippen molar-refractivity contribution in [2.45, 2.75) is 13.8 Å². The van der Waals surface area contributed by atoms with Crippen LogP contribution >= 0.6 is 0 Å². The largest absolute Gasteiger partial charge is 0.493 e. The minimum absolute atomic E-state index is 0.177. The fourth-order valence-electron chi connectivity index (χ4n) is 3.40. The molecule has 0 fully saturated rings. The number of carbonyl (C=O) groups excluding carboxylic acids is 3. The van der Waals surface area contributed by atoms with Crippen LogP contribution in [0.2, 0.25) is 0 Å². The molecule has 0 saturated carbocycles. The van der Waals surface area contributed by atoms with Crippen LogP contribution < -0.4 is 9.64 Å². The summed E-state index contributed by atoms with van der Waals surface area (Å²) in [5, 5.41) is 0. The quantitative estimate of drug-likeness (QED) is 0.522. The van der Waals surface area contributed by atoms with E-state index in [4.69, 9.17) is 14.2 Å². The summed E-state index contributed by atoms with van der Waals surface area (Å²) in [6.07, 6.45) is 1.63. The molecule has 0 unspecified atom stereocenters. The maximum Gasteiger partial charge on any atom is 0.340 e. The Hall–Kier alpha value is -3.87. The van der Waals surface area contributed by atoms with Gasteiger partial charge in [0.25, 0.3) is 5.91 Å². The second kappa shape index (κ2) is 9.30. The Bertz CT molecular complexity index is 1080. The summed E-state index contributed by atoms with van der Waals surface area (Å²) in [6.45, 7) is 4.01. The zero-order valence-corrected chi connectivity index (χ0v) is 17.8. The number of methoxy groups -OCH3 is 2. The molecule has 1 heterocycles. The molecule has 0 radical (unpaired) electrons. The molecule has 1 amide bonds. The third-order valence-corrected chi connectivity index (χ3v) is 4.85. The van der Waals surface area contributed by atoms with Gasteiger partial charge in [0.05, 0.1) is 37.5 Å². The van der Waals surface area contributed by atoms with Crippen LogP contribution in [0.25, 0.3) is 6.08 Å². The van der Waals surface area contributed by atoms with Crippen molar-refractivity contribution in [3.63, 3.8) is 0 Å². The van der Waals surface area contributed by atoms with Crippen LogP contribution in [0.4, 0.5) is 5.69 Å². The Balaban J connectivity index is 2.09. The van der Waals surface area contributed by atoms with Gasteiger partial charge in [-0.25, -0.2) is 9.59 Å². The number of hydrogen-bond donors (Lipinski definition) is 0. The first-order valence-corrected chi connectivity index (χ1v) is 9.68. The minimum atomic E-state index is -0.611. The lowest BCUT2D eigenvalue weighted by atomic mass is 10.0. The van der Waals surface area contributed by atoms with Crippen molar-refractivity contribution in [1.29, 1.82) is 0 Å². The molecule has 2 aromatic carbocycles. The highest BCUT2D eigenvalue weighted by atomic mass is 16.5. The number of carbonyl (C=O) groups is 3. The fourth-order valence-corrected chi connectivity index (χ4v) is 3.40. The van der Waals surface area contributed by atoms with Crippen molar-refractivity contribution < 1.29 is 28.6 Å². The number of hydrogen-bond acceptors (Lipinski definition) is 6. The van der Waals surface area contributed by atoms with E-state index in [-0.39, 0.29) is 17.1 Å². The minimum Gasteiger partial charge on any atom is -0.493 e. The van der Waals surface area contributed by atoms with E-state index in [9.17, 15) is 14.4 Å². The van der Waals surface area contributed by atoms with E-state index >= 15 is 0 Å². The maximum absolute atomic E-state index is 13.4. The van der Waals surface area contributed by atoms with Crippen LogP contribution in [0.15, 0.2) is 65.4 Å². The summed E-state index contributed by atoms with van der Waals surface area (Å²) in [5.74, 6) is -0.863. The number of ether oxygens (including phenoxy) is 3. The van der Waals surface area contributed by atoms with Crippen molar-refractivity contribution in [3.8, 4) is 5.75 Å². The second-order valence-electron chi connectivity index (χ2n) is 6.66. The lowest BCUT2D eigenvalue weighted by Crippen LogP contribution is -2.24. The molecule has 1 aliphatic rings. The number of anilines is 1. The van der Waals surface area contributed by atoms with E-state index in [1.54, 1.807) is 43.3 Å². The van der Waals surface area contributed by atoms with Gasteiger partial charge in [0.2, 0.25) is 0 Å². The lowest BCUT2D eigenvalue weighted by Gasteiger charge is -2.18. The molecule has 0 aromatic heterocycles. The highest BCUT2D eigenvalue weighted by molar-refractivity contribution is 6.24. The fraction of sp³-hybridized carbons (Fsp3) is 0.208. The van der Waals surface area contributed by atoms with Gasteiger partial charge in [0.1, 0.15) is 5.75 Å². The van der Waals surface area contributed by atoms with E-state index in [2.05, 4.69) is 0 Å². The second-order valence-corrected chi connectivity index (χ2v) is 6.66. The van der Waals surface area contributed by atoms with Crippen LogP contribution in [0, 0.1) is 0 Å². The number of nitrogens with zero attached hydrogens (tertiary/aromatic N) is 1. The molecule has 0 saturated heterocycles. The average molecular weight is 421 g/mol. The molecule has 0 aliphatic carbocycles. The third kappa shape index (κ3) is 4.21. The molecule has 0 atom stereocenters. The maximum atomic E-state index is 13.4. The zero-order valence-electron chi connectivity index (χ0n) is 17.8. The smallest absolute Gasteiger partial charge is 0.340 e. The first-order valence-electron chi connectivity index (χ1n) is 9.68. The standard InChI is InChI=1S/C24H23NO6/c1-5-31-20-9-7-6-8-17(20)14-19-21(24(28)30-4)15(2)25(22(19)26)18-12-10-16(11-13-18)23(27)29-3/h6-14H,5H2,1-4H3. The van der Waals surface area contributed by atoms with E-state index in [1.165, 1.54) is 19.1 Å². The molecule has 31 heavy (non-hydrogen) atoms. The Kier molecular flexibility index (Phi) is 6.55. The number of benzene rings is 2. The highest BCUT2D eigenvalue weighted by Gasteiger charge is 2.38. The summed E-state index contributed by atoms with van der Waals surface area (Å²) >= 11 is 0. The molecule has 7 nitrogen and oxygen atoms in total. The molecule has 0 bridgehead atoms. The molecule has 7 heteroatoms. The number of rotatable bonds is 6. The van der Waals surface area contributed by atoms with Crippen molar-refractivity contribution in [2.24, 2.45) is 0 Å². The van der Waals surface area contributed by atoms with Crippen LogP contribution in [0.3, 0.4) is 0 Å². The highest BCUT2D eigenvalue weighted by Crippen LogP contribution is 2.36. The summed E-state index contributed by atoms with van der Waals surface area (Å²) in [6, 6.07) is 13.6. The van der Waals surface area contributed by atoms with Gasteiger partial charge < -0.3 is 14.2 Å². The summed E-state index contributed by atoms with van der Waals surface area (Å²) in [5.41, 5.74) is 2.35. The van der Waals surface area contributed by atoms with Crippen LogP contribution in [0.5, 0.6) is 5.75 Å². The van der Waals surface area contributed by atoms with Crippen LogP contribution in [-0.2, 0) is 19.1 Å². The van der Waals surface area contributed by atoms with E-state index in [0.717, 1.165) is 0 Å². The molecular weight excluding hydrogens is 398 g/mol.